The standard InChI is InChI=1S/C21H25BrN2O3S/c1-15-13-18(22)10-11-20(15)23(3)21(25)17-8-6-9-19(14-17)28(26,27)24-12-5-4-7-16(24)2/h6,8-11,13-14,16H,4-5,7,12H2,1-3H3. The van der Waals surface area contributed by atoms with Gasteiger partial charge in [-0.25, -0.2) is 8.42 Å². The van der Waals surface area contributed by atoms with Gasteiger partial charge in [0.15, 0.2) is 0 Å². The minimum Gasteiger partial charge on any atom is -0.311 e. The molecule has 0 aliphatic carbocycles. The normalized spacial score (nSPS) is 18.1. The largest absolute Gasteiger partial charge is 0.311 e. The van der Waals surface area contributed by atoms with Crippen LogP contribution in [-0.4, -0.2) is 38.3 Å². The van der Waals surface area contributed by atoms with Crippen molar-refractivity contribution in [1.29, 1.82) is 0 Å². The van der Waals surface area contributed by atoms with Crippen LogP contribution in [0.25, 0.3) is 0 Å². The third-order valence-corrected chi connectivity index (χ3v) is 7.76. The fraction of sp³-hybridized carbons (Fsp3) is 0.381. The molecular weight excluding hydrogens is 440 g/mol. The van der Waals surface area contributed by atoms with Crippen LogP contribution in [0.1, 0.15) is 42.1 Å². The van der Waals surface area contributed by atoms with Gasteiger partial charge in [-0.15, -0.1) is 0 Å². The van der Waals surface area contributed by atoms with Crippen LogP contribution in [0.4, 0.5) is 5.69 Å². The molecule has 150 valence electrons. The Kier molecular flexibility index (Phi) is 6.27. The highest BCUT2D eigenvalue weighted by atomic mass is 79.9. The Balaban J connectivity index is 1.91. The first-order chi connectivity index (χ1) is 13.2. The van der Waals surface area contributed by atoms with Crippen LogP contribution in [0, 0.1) is 6.92 Å². The zero-order valence-corrected chi connectivity index (χ0v) is 18.8. The van der Waals surface area contributed by atoms with E-state index in [1.54, 1.807) is 34.5 Å². The summed E-state index contributed by atoms with van der Waals surface area (Å²) in [4.78, 5) is 14.7. The Morgan fingerprint density at radius 3 is 2.61 bits per heavy atom. The van der Waals surface area contributed by atoms with Crippen molar-refractivity contribution in [3.8, 4) is 0 Å². The fourth-order valence-corrected chi connectivity index (χ4v) is 5.87. The molecule has 3 rings (SSSR count). The summed E-state index contributed by atoms with van der Waals surface area (Å²) in [6.07, 6.45) is 2.78. The van der Waals surface area contributed by atoms with Crippen molar-refractivity contribution in [3.63, 3.8) is 0 Å². The lowest BCUT2D eigenvalue weighted by Crippen LogP contribution is -2.42. The molecule has 1 aliphatic rings. The number of rotatable bonds is 4. The molecule has 0 spiro atoms. The molecular formula is C21H25BrN2O3S. The summed E-state index contributed by atoms with van der Waals surface area (Å²) in [5.41, 5.74) is 2.10. The van der Waals surface area contributed by atoms with Crippen LogP contribution in [0.5, 0.6) is 0 Å². The highest BCUT2D eigenvalue weighted by Crippen LogP contribution is 2.27. The molecule has 1 atom stereocenters. The van der Waals surface area contributed by atoms with Crippen LogP contribution in [0.2, 0.25) is 0 Å². The molecule has 0 N–H and O–H groups in total. The van der Waals surface area contributed by atoms with E-state index in [4.69, 9.17) is 0 Å². The van der Waals surface area contributed by atoms with Crippen molar-refractivity contribution in [2.45, 2.75) is 44.0 Å². The van der Waals surface area contributed by atoms with Gasteiger partial charge in [0.25, 0.3) is 5.91 Å². The number of benzene rings is 2. The first-order valence-electron chi connectivity index (χ1n) is 9.38. The first-order valence-corrected chi connectivity index (χ1v) is 11.6. The third-order valence-electron chi connectivity index (χ3n) is 5.25. The molecule has 1 amide bonds. The Hall–Kier alpha value is -1.70. The second-order valence-electron chi connectivity index (χ2n) is 7.28. The zero-order valence-electron chi connectivity index (χ0n) is 16.4. The van der Waals surface area contributed by atoms with Crippen LogP contribution in [0.3, 0.4) is 0 Å². The predicted octanol–water partition coefficient (Wildman–Crippen LogP) is 4.60. The van der Waals surface area contributed by atoms with Crippen LogP contribution < -0.4 is 4.90 Å². The van der Waals surface area contributed by atoms with Gasteiger partial charge in [-0.2, -0.15) is 4.31 Å². The van der Waals surface area contributed by atoms with E-state index in [1.807, 2.05) is 32.0 Å². The van der Waals surface area contributed by atoms with Crippen molar-refractivity contribution >= 4 is 37.5 Å². The number of nitrogens with zero attached hydrogens (tertiary/aromatic N) is 2. The Labute approximate surface area is 175 Å². The minimum absolute atomic E-state index is 0.0220. The number of hydrogen-bond acceptors (Lipinski definition) is 3. The van der Waals surface area contributed by atoms with E-state index in [0.29, 0.717) is 12.1 Å². The number of aryl methyl sites for hydroxylation is 1. The molecule has 0 radical (unpaired) electrons. The monoisotopic (exact) mass is 464 g/mol. The maximum absolute atomic E-state index is 13.1. The lowest BCUT2D eigenvalue weighted by atomic mass is 10.1. The molecule has 0 bridgehead atoms. The second kappa shape index (κ2) is 8.35. The summed E-state index contributed by atoms with van der Waals surface area (Å²) in [6, 6.07) is 12.0. The maximum Gasteiger partial charge on any atom is 0.258 e. The quantitative estimate of drug-likeness (QED) is 0.664. The van der Waals surface area contributed by atoms with Gasteiger partial charge in [0.05, 0.1) is 4.90 Å². The molecule has 2 aromatic carbocycles. The van der Waals surface area contributed by atoms with Gasteiger partial charge in [0.1, 0.15) is 0 Å². The molecule has 0 saturated carbocycles. The van der Waals surface area contributed by atoms with Gasteiger partial charge >= 0.3 is 0 Å². The summed E-state index contributed by atoms with van der Waals surface area (Å²) in [6.45, 7) is 4.40. The maximum atomic E-state index is 13.1. The van der Waals surface area contributed by atoms with Gasteiger partial charge in [0.2, 0.25) is 10.0 Å². The Bertz CT molecular complexity index is 991. The van der Waals surface area contributed by atoms with Crippen molar-refractivity contribution in [3.05, 3.63) is 58.1 Å². The summed E-state index contributed by atoms with van der Waals surface area (Å²) in [7, 11) is -1.91. The van der Waals surface area contributed by atoms with E-state index < -0.39 is 10.0 Å². The molecule has 2 aromatic rings. The molecule has 1 heterocycles. The molecule has 1 saturated heterocycles. The van der Waals surface area contributed by atoms with Gasteiger partial charge in [-0.1, -0.05) is 28.4 Å². The number of carbonyl (C=O) groups is 1. The molecule has 1 aliphatic heterocycles. The number of sulfonamides is 1. The first kappa shape index (κ1) is 21.0. The van der Waals surface area contributed by atoms with E-state index in [9.17, 15) is 13.2 Å². The molecule has 0 aromatic heterocycles. The number of halogens is 1. The summed E-state index contributed by atoms with van der Waals surface area (Å²) >= 11 is 3.43. The van der Waals surface area contributed by atoms with Gasteiger partial charge in [0, 0.05) is 35.4 Å². The van der Waals surface area contributed by atoms with Gasteiger partial charge in [-0.05, 0) is 68.7 Å². The van der Waals surface area contributed by atoms with Gasteiger partial charge < -0.3 is 4.90 Å². The molecule has 1 unspecified atom stereocenters. The lowest BCUT2D eigenvalue weighted by molar-refractivity contribution is 0.0992. The van der Waals surface area contributed by atoms with Crippen molar-refractivity contribution < 1.29 is 13.2 Å². The third kappa shape index (κ3) is 4.16. The number of amides is 1. The number of anilines is 1. The minimum atomic E-state index is -3.61. The van der Waals surface area contributed by atoms with E-state index in [1.165, 1.54) is 6.07 Å². The van der Waals surface area contributed by atoms with Crippen LogP contribution >= 0.6 is 15.9 Å². The summed E-state index contributed by atoms with van der Waals surface area (Å²) in [5.74, 6) is -0.242. The molecule has 1 fully saturated rings. The van der Waals surface area contributed by atoms with Crippen LogP contribution in [0.15, 0.2) is 51.8 Å². The van der Waals surface area contributed by atoms with Crippen molar-refractivity contribution in [2.24, 2.45) is 0 Å². The Morgan fingerprint density at radius 1 is 1.18 bits per heavy atom. The summed E-state index contributed by atoms with van der Waals surface area (Å²) in [5, 5.41) is 0. The number of carbonyl (C=O) groups excluding carboxylic acids is 1. The topological polar surface area (TPSA) is 57.7 Å². The van der Waals surface area contributed by atoms with E-state index in [-0.39, 0.29) is 16.8 Å². The average Bonchev–Trinajstić information content (AvgIpc) is 2.67. The van der Waals surface area contributed by atoms with E-state index in [2.05, 4.69) is 15.9 Å². The highest BCUT2D eigenvalue weighted by molar-refractivity contribution is 9.10. The zero-order chi connectivity index (χ0) is 20.5. The summed E-state index contributed by atoms with van der Waals surface area (Å²) < 4.78 is 28.7. The van der Waals surface area contributed by atoms with Crippen molar-refractivity contribution in [2.75, 3.05) is 18.5 Å². The van der Waals surface area contributed by atoms with E-state index >= 15 is 0 Å². The Morgan fingerprint density at radius 2 is 1.93 bits per heavy atom. The highest BCUT2D eigenvalue weighted by Gasteiger charge is 2.31. The second-order valence-corrected chi connectivity index (χ2v) is 10.1. The number of hydrogen-bond donors (Lipinski definition) is 0. The fourth-order valence-electron chi connectivity index (χ4n) is 3.65. The van der Waals surface area contributed by atoms with Gasteiger partial charge in [-0.3, -0.25) is 4.79 Å². The number of piperidine rings is 1. The molecule has 7 heteroatoms. The predicted molar refractivity (Wildman–Crippen MR) is 115 cm³/mol. The van der Waals surface area contributed by atoms with Crippen molar-refractivity contribution in [1.82, 2.24) is 4.31 Å². The SMILES string of the molecule is Cc1cc(Br)ccc1N(C)C(=O)c1cccc(S(=O)(=O)N2CCCCC2C)c1. The van der Waals surface area contributed by atoms with Crippen LogP contribution in [-0.2, 0) is 10.0 Å². The van der Waals surface area contributed by atoms with E-state index in [0.717, 1.165) is 35.0 Å². The average molecular weight is 465 g/mol. The lowest BCUT2D eigenvalue weighted by Gasteiger charge is -2.32. The molecule has 28 heavy (non-hydrogen) atoms. The smallest absolute Gasteiger partial charge is 0.258 e. The molecule has 5 nitrogen and oxygen atoms in total.